The van der Waals surface area contributed by atoms with Gasteiger partial charge in [-0.25, -0.2) is 8.97 Å². The number of quaternary nitrogens is 1. The summed E-state index contributed by atoms with van der Waals surface area (Å²) in [5.74, 6) is 1.32. The van der Waals surface area contributed by atoms with Crippen LogP contribution >= 0.6 is 23.1 Å². The molecule has 0 radical (unpaired) electrons. The van der Waals surface area contributed by atoms with Crippen molar-refractivity contribution in [1.29, 1.82) is 0 Å². The Morgan fingerprint density at radius 2 is 1.86 bits per heavy atom. The van der Waals surface area contributed by atoms with Crippen molar-refractivity contribution in [3.63, 3.8) is 0 Å². The number of thiophene rings is 1. The van der Waals surface area contributed by atoms with Gasteiger partial charge in [0.2, 0.25) is 5.78 Å². The van der Waals surface area contributed by atoms with Gasteiger partial charge in [0.25, 0.3) is 5.56 Å². The van der Waals surface area contributed by atoms with Crippen LogP contribution < -0.4 is 10.5 Å². The number of hydrogen-bond acceptors (Lipinski definition) is 5. The fourth-order valence-corrected chi connectivity index (χ4v) is 7.06. The number of para-hydroxylation sites is 1. The molecule has 5 aromatic rings. The highest BCUT2D eigenvalue weighted by Gasteiger charge is 2.29. The Kier molecular flexibility index (Phi) is 5.80. The van der Waals surface area contributed by atoms with E-state index in [1.54, 1.807) is 27.7 Å². The number of rotatable bonds is 6. The van der Waals surface area contributed by atoms with Gasteiger partial charge in [-0.05, 0) is 24.6 Å². The molecule has 1 N–H and O–H groups in total. The zero-order valence-corrected chi connectivity index (χ0v) is 21.2. The fourth-order valence-electron chi connectivity index (χ4n) is 4.81. The van der Waals surface area contributed by atoms with E-state index in [4.69, 9.17) is 0 Å². The zero-order chi connectivity index (χ0) is 23.9. The van der Waals surface area contributed by atoms with Crippen LogP contribution in [0, 0.1) is 0 Å². The maximum atomic E-state index is 14.0. The molecule has 1 aliphatic rings. The molecule has 8 heteroatoms. The standard InChI is InChI=1S/C27H25N5OS2/c1-18(2)17-34-27-29-28-26-31(20-11-7-4-8-12-20)24(33)23-21-13-14-30(15-19-9-5-3-6-10-19)16-22(21)35-25(23)32(26)27/h3-12H,1,13-17H2,2H3/p+1. The van der Waals surface area contributed by atoms with Crippen molar-refractivity contribution in [3.8, 4) is 5.69 Å². The van der Waals surface area contributed by atoms with Crippen LogP contribution in [0.2, 0.25) is 0 Å². The second kappa shape index (κ2) is 9.11. The van der Waals surface area contributed by atoms with Gasteiger partial charge < -0.3 is 4.90 Å². The normalized spacial score (nSPS) is 15.5. The van der Waals surface area contributed by atoms with E-state index in [9.17, 15) is 4.79 Å². The molecule has 35 heavy (non-hydrogen) atoms. The Balaban J connectivity index is 1.53. The van der Waals surface area contributed by atoms with Crippen molar-refractivity contribution in [2.45, 2.75) is 31.6 Å². The number of aromatic nitrogens is 4. The second-order valence-electron chi connectivity index (χ2n) is 9.11. The summed E-state index contributed by atoms with van der Waals surface area (Å²) in [5.41, 5.74) is 4.41. The third kappa shape index (κ3) is 4.01. The smallest absolute Gasteiger partial charge is 0.268 e. The van der Waals surface area contributed by atoms with Gasteiger partial charge in [-0.1, -0.05) is 72.4 Å². The van der Waals surface area contributed by atoms with Crippen LogP contribution in [0.3, 0.4) is 0 Å². The van der Waals surface area contributed by atoms with Crippen molar-refractivity contribution >= 4 is 39.1 Å². The Hall–Kier alpha value is -3.20. The van der Waals surface area contributed by atoms with Crippen LogP contribution in [-0.4, -0.2) is 31.5 Å². The Morgan fingerprint density at radius 3 is 2.60 bits per heavy atom. The third-order valence-corrected chi connectivity index (χ3v) is 8.78. The highest BCUT2D eigenvalue weighted by Crippen LogP contribution is 2.34. The average Bonchev–Trinajstić information content (AvgIpc) is 3.45. The predicted octanol–water partition coefficient (Wildman–Crippen LogP) is 3.90. The summed E-state index contributed by atoms with van der Waals surface area (Å²) in [6, 6.07) is 20.4. The molecular formula is C27H26N5OS2+. The van der Waals surface area contributed by atoms with Gasteiger partial charge in [-0.2, -0.15) is 0 Å². The van der Waals surface area contributed by atoms with Crippen LogP contribution in [0.4, 0.5) is 0 Å². The van der Waals surface area contributed by atoms with E-state index in [0.717, 1.165) is 58.4 Å². The Morgan fingerprint density at radius 1 is 1.11 bits per heavy atom. The maximum Gasteiger partial charge on any atom is 0.268 e. The van der Waals surface area contributed by atoms with E-state index >= 15 is 0 Å². The largest absolute Gasteiger partial charge is 0.326 e. The number of thioether (sulfide) groups is 1. The fraction of sp³-hybridized carbons (Fsp3) is 0.222. The molecule has 0 saturated heterocycles. The number of fused-ring (bicyclic) bond motifs is 5. The highest BCUT2D eigenvalue weighted by atomic mass is 32.2. The molecule has 0 amide bonds. The Bertz CT molecular complexity index is 1600. The minimum atomic E-state index is -0.00781. The van der Waals surface area contributed by atoms with Gasteiger partial charge >= 0.3 is 0 Å². The minimum absolute atomic E-state index is 0.00781. The summed E-state index contributed by atoms with van der Waals surface area (Å²) >= 11 is 3.34. The third-order valence-electron chi connectivity index (χ3n) is 6.41. The molecule has 2 aromatic carbocycles. The molecule has 1 atom stereocenters. The lowest BCUT2D eigenvalue weighted by molar-refractivity contribution is -0.929. The first-order valence-corrected chi connectivity index (χ1v) is 13.5. The second-order valence-corrected chi connectivity index (χ2v) is 11.1. The molecule has 1 aliphatic heterocycles. The van der Waals surface area contributed by atoms with E-state index in [0.29, 0.717) is 5.78 Å². The first-order valence-electron chi connectivity index (χ1n) is 11.7. The molecule has 6 nitrogen and oxygen atoms in total. The van der Waals surface area contributed by atoms with Crippen LogP contribution in [0.25, 0.3) is 21.7 Å². The SMILES string of the molecule is C=C(C)CSc1nnc2n(-c3ccccc3)c(=O)c3c4c(sc3n12)C[NH+](Cc1ccccc1)CC4. The number of hydrogen-bond donors (Lipinski definition) is 1. The monoisotopic (exact) mass is 500 g/mol. The minimum Gasteiger partial charge on any atom is -0.326 e. The summed E-state index contributed by atoms with van der Waals surface area (Å²) in [6.07, 6.45) is 0.892. The number of nitrogens with one attached hydrogen (secondary N) is 1. The lowest BCUT2D eigenvalue weighted by atomic mass is 10.0. The van der Waals surface area contributed by atoms with Gasteiger partial charge in [0.15, 0.2) is 5.16 Å². The molecule has 3 aromatic heterocycles. The molecule has 0 saturated carbocycles. The predicted molar refractivity (Wildman–Crippen MR) is 143 cm³/mol. The van der Waals surface area contributed by atoms with Gasteiger partial charge in [0.05, 0.1) is 22.5 Å². The quantitative estimate of drug-likeness (QED) is 0.284. The number of nitrogens with zero attached hydrogens (tertiary/aromatic N) is 4. The molecular weight excluding hydrogens is 474 g/mol. The molecule has 0 fully saturated rings. The average molecular weight is 501 g/mol. The summed E-state index contributed by atoms with van der Waals surface area (Å²) in [4.78, 5) is 17.8. The molecule has 0 bridgehead atoms. The lowest BCUT2D eigenvalue weighted by Gasteiger charge is -2.23. The first kappa shape index (κ1) is 22.3. The molecule has 6 rings (SSSR count). The van der Waals surface area contributed by atoms with E-state index in [-0.39, 0.29) is 5.56 Å². The van der Waals surface area contributed by atoms with Crippen molar-refractivity contribution in [1.82, 2.24) is 19.2 Å². The Labute approximate surface area is 211 Å². The van der Waals surface area contributed by atoms with Crippen molar-refractivity contribution in [3.05, 3.63) is 99.2 Å². The van der Waals surface area contributed by atoms with E-state index < -0.39 is 0 Å². The van der Waals surface area contributed by atoms with Gasteiger partial charge in [-0.15, -0.1) is 21.5 Å². The van der Waals surface area contributed by atoms with Gasteiger partial charge in [0, 0.05) is 17.7 Å². The first-order chi connectivity index (χ1) is 17.1. The molecule has 1 unspecified atom stereocenters. The lowest BCUT2D eigenvalue weighted by Crippen LogP contribution is -3.10. The molecule has 4 heterocycles. The molecule has 0 aliphatic carbocycles. The van der Waals surface area contributed by atoms with Crippen LogP contribution in [-0.2, 0) is 19.5 Å². The van der Waals surface area contributed by atoms with E-state index in [1.807, 2.05) is 37.3 Å². The van der Waals surface area contributed by atoms with Gasteiger partial charge in [0.1, 0.15) is 17.9 Å². The van der Waals surface area contributed by atoms with Crippen LogP contribution in [0.5, 0.6) is 0 Å². The van der Waals surface area contributed by atoms with Crippen molar-refractivity contribution in [2.75, 3.05) is 12.3 Å². The maximum absolute atomic E-state index is 14.0. The molecule has 0 spiro atoms. The van der Waals surface area contributed by atoms with E-state index in [1.165, 1.54) is 20.9 Å². The summed E-state index contributed by atoms with van der Waals surface area (Å²) in [5, 5.41) is 10.6. The highest BCUT2D eigenvalue weighted by molar-refractivity contribution is 7.99. The summed E-state index contributed by atoms with van der Waals surface area (Å²) < 4.78 is 3.80. The topological polar surface area (TPSA) is 56.6 Å². The van der Waals surface area contributed by atoms with E-state index in [2.05, 4.69) is 51.5 Å². The van der Waals surface area contributed by atoms with Crippen molar-refractivity contribution in [2.24, 2.45) is 0 Å². The van der Waals surface area contributed by atoms with Gasteiger partial charge in [-0.3, -0.25) is 4.79 Å². The molecule has 176 valence electrons. The van der Waals surface area contributed by atoms with Crippen LogP contribution in [0.1, 0.15) is 22.9 Å². The number of benzene rings is 2. The van der Waals surface area contributed by atoms with Crippen LogP contribution in [0.15, 0.2) is 82.8 Å². The van der Waals surface area contributed by atoms with Crippen molar-refractivity contribution < 1.29 is 4.90 Å². The summed E-state index contributed by atoms with van der Waals surface area (Å²) in [7, 11) is 0. The summed E-state index contributed by atoms with van der Waals surface area (Å²) in [6.45, 7) is 8.98. The zero-order valence-electron chi connectivity index (χ0n) is 19.5.